The summed E-state index contributed by atoms with van der Waals surface area (Å²) in [6.07, 6.45) is 0.637. The van der Waals surface area contributed by atoms with Crippen molar-refractivity contribution >= 4 is 5.97 Å². The van der Waals surface area contributed by atoms with Crippen molar-refractivity contribution < 1.29 is 42.7 Å². The zero-order valence-corrected chi connectivity index (χ0v) is 29.4. The molecule has 1 aliphatic heterocycles. The average Bonchev–Trinajstić information content (AvgIpc) is 3.51. The van der Waals surface area contributed by atoms with E-state index < -0.39 is 5.97 Å². The van der Waals surface area contributed by atoms with Crippen LogP contribution >= 0.6 is 0 Å². The molecule has 50 heavy (non-hydrogen) atoms. The van der Waals surface area contributed by atoms with Crippen LogP contribution in [0.3, 0.4) is 0 Å². The molecule has 0 saturated carbocycles. The molecule has 0 aliphatic carbocycles. The summed E-state index contributed by atoms with van der Waals surface area (Å²) in [7, 11) is 9.57. The van der Waals surface area contributed by atoms with Crippen LogP contribution in [-0.2, 0) is 24.3 Å². The number of methoxy groups -OCH3 is 6. The molecule has 2 heterocycles. The highest BCUT2D eigenvalue weighted by Gasteiger charge is 2.36. The minimum absolute atomic E-state index is 0.190. The normalized spacial score (nSPS) is 11.6. The van der Waals surface area contributed by atoms with Gasteiger partial charge in [-0.25, -0.2) is 4.79 Å². The highest BCUT2D eigenvalue weighted by Crippen LogP contribution is 2.53. The van der Waals surface area contributed by atoms with Gasteiger partial charge in [-0.05, 0) is 60.4 Å². The molecule has 4 aromatic carbocycles. The Morgan fingerprint density at radius 2 is 1.24 bits per heavy atom. The van der Waals surface area contributed by atoms with E-state index >= 15 is 0 Å². The number of rotatable bonds is 13. The van der Waals surface area contributed by atoms with E-state index in [-0.39, 0.29) is 13.2 Å². The van der Waals surface area contributed by atoms with Crippen LogP contribution in [0.15, 0.2) is 72.8 Å². The molecule has 6 rings (SSSR count). The van der Waals surface area contributed by atoms with E-state index in [1.165, 1.54) is 0 Å². The van der Waals surface area contributed by atoms with Gasteiger partial charge >= 0.3 is 5.97 Å². The lowest BCUT2D eigenvalue weighted by Gasteiger charge is -2.24. The van der Waals surface area contributed by atoms with Crippen LogP contribution in [0.5, 0.6) is 40.2 Å². The molecule has 5 aromatic rings. The van der Waals surface area contributed by atoms with E-state index in [2.05, 4.69) is 0 Å². The van der Waals surface area contributed by atoms with Crippen molar-refractivity contribution in [3.05, 3.63) is 89.6 Å². The summed E-state index contributed by atoms with van der Waals surface area (Å²) in [4.78, 5) is 14.3. The number of carbonyl (C=O) groups excluding carboxylic acids is 1. The van der Waals surface area contributed by atoms with Crippen molar-refractivity contribution in [3.63, 3.8) is 0 Å². The number of aryl methyl sites for hydroxylation is 1. The van der Waals surface area contributed by atoms with E-state index in [0.29, 0.717) is 70.0 Å². The first kappa shape index (κ1) is 34.1. The predicted molar refractivity (Wildman–Crippen MR) is 190 cm³/mol. The van der Waals surface area contributed by atoms with Gasteiger partial charge in [0.15, 0.2) is 34.5 Å². The number of ether oxygens (including phenoxy) is 8. The van der Waals surface area contributed by atoms with Gasteiger partial charge in [0.2, 0.25) is 0 Å². The summed E-state index contributed by atoms with van der Waals surface area (Å²) < 4.78 is 48.8. The van der Waals surface area contributed by atoms with Crippen molar-refractivity contribution in [1.29, 1.82) is 0 Å². The predicted octanol–water partition coefficient (Wildman–Crippen LogP) is 7.85. The fraction of sp³-hybridized carbons (Fsp3) is 0.275. The third kappa shape index (κ3) is 6.13. The molecule has 0 fully saturated rings. The molecule has 0 bridgehead atoms. The number of esters is 1. The lowest BCUT2D eigenvalue weighted by atomic mass is 9.89. The molecular formula is C40H41NO9. The summed E-state index contributed by atoms with van der Waals surface area (Å²) >= 11 is 0. The molecule has 1 aliphatic rings. The number of carbonyl (C=O) groups is 1. The molecule has 0 saturated heterocycles. The first-order valence-corrected chi connectivity index (χ1v) is 16.2. The Balaban J connectivity index is 1.75. The molecule has 0 amide bonds. The maximum absolute atomic E-state index is 14.3. The Labute approximate surface area is 292 Å². The van der Waals surface area contributed by atoms with Gasteiger partial charge in [0, 0.05) is 34.9 Å². The number of benzene rings is 4. The number of hydrogen-bond donors (Lipinski definition) is 0. The van der Waals surface area contributed by atoms with Gasteiger partial charge in [-0.15, -0.1) is 0 Å². The van der Waals surface area contributed by atoms with Crippen LogP contribution in [0.1, 0.15) is 28.5 Å². The zero-order chi connectivity index (χ0) is 35.4. The van der Waals surface area contributed by atoms with Crippen LogP contribution in [0.2, 0.25) is 0 Å². The van der Waals surface area contributed by atoms with Gasteiger partial charge in [-0.3, -0.25) is 0 Å². The first-order chi connectivity index (χ1) is 24.4. The second kappa shape index (κ2) is 14.8. The molecule has 0 atom stereocenters. The lowest BCUT2D eigenvalue weighted by molar-refractivity contribution is 0.0514. The second-order valence-electron chi connectivity index (χ2n) is 11.5. The molecule has 0 N–H and O–H groups in total. The molecule has 0 spiro atoms. The zero-order valence-electron chi connectivity index (χ0n) is 29.4. The van der Waals surface area contributed by atoms with E-state index in [9.17, 15) is 4.79 Å². The maximum Gasteiger partial charge on any atom is 0.355 e. The minimum Gasteiger partial charge on any atom is -0.493 e. The fourth-order valence-corrected chi connectivity index (χ4v) is 6.56. The monoisotopic (exact) mass is 679 g/mol. The van der Waals surface area contributed by atoms with Crippen LogP contribution in [-0.4, -0.2) is 59.8 Å². The maximum atomic E-state index is 14.3. The van der Waals surface area contributed by atoms with Gasteiger partial charge in [-0.1, -0.05) is 36.4 Å². The Morgan fingerprint density at radius 3 is 1.88 bits per heavy atom. The summed E-state index contributed by atoms with van der Waals surface area (Å²) in [5, 5.41) is 0. The largest absolute Gasteiger partial charge is 0.493 e. The van der Waals surface area contributed by atoms with Gasteiger partial charge in [0.05, 0.1) is 55.0 Å². The van der Waals surface area contributed by atoms with E-state index in [1.807, 2.05) is 71.3 Å². The SMILES string of the molecule is CCOC(=O)c1c(-c2cc(OC)c(OC)cc2OCc2ccccc2)c(-c2ccc(OC)c(OC)c2)c2n1CCc1cc(OC)c(OC)cc1-2. The third-order valence-corrected chi connectivity index (χ3v) is 8.87. The number of nitrogens with zero attached hydrogens (tertiary/aromatic N) is 1. The summed E-state index contributed by atoms with van der Waals surface area (Å²) in [5.41, 5.74) is 6.87. The van der Waals surface area contributed by atoms with E-state index in [4.69, 9.17) is 37.9 Å². The molecular weight excluding hydrogens is 638 g/mol. The Morgan fingerprint density at radius 1 is 0.640 bits per heavy atom. The summed E-state index contributed by atoms with van der Waals surface area (Å²) in [5.74, 6) is 3.27. The van der Waals surface area contributed by atoms with Crippen molar-refractivity contribution in [2.24, 2.45) is 0 Å². The third-order valence-electron chi connectivity index (χ3n) is 8.87. The van der Waals surface area contributed by atoms with Crippen molar-refractivity contribution in [3.8, 4) is 73.8 Å². The average molecular weight is 680 g/mol. The molecule has 260 valence electrons. The van der Waals surface area contributed by atoms with Gasteiger partial charge in [-0.2, -0.15) is 0 Å². The smallest absolute Gasteiger partial charge is 0.355 e. The highest BCUT2D eigenvalue weighted by molar-refractivity contribution is 6.08. The van der Waals surface area contributed by atoms with Crippen LogP contribution in [0.4, 0.5) is 0 Å². The standard InChI is InChI=1S/C40H41NO9/c1-8-49-40(42)39-37(28-21-34(47-6)35(48-7)22-30(28)50-23-24-12-10-9-11-13-24)36(26-14-15-29(43-2)31(19-26)44-3)38-27-20-33(46-5)32(45-4)18-25(27)16-17-41(38)39/h9-15,18-22H,8,16-17,23H2,1-7H3. The van der Waals surface area contributed by atoms with Gasteiger partial charge in [0.1, 0.15) is 18.1 Å². The number of aromatic nitrogens is 1. The Bertz CT molecular complexity index is 2020. The molecule has 0 radical (unpaired) electrons. The first-order valence-electron chi connectivity index (χ1n) is 16.2. The van der Waals surface area contributed by atoms with Crippen LogP contribution in [0, 0.1) is 0 Å². The van der Waals surface area contributed by atoms with Gasteiger partial charge in [0.25, 0.3) is 0 Å². The Hall–Kier alpha value is -5.77. The Kier molecular flexibility index (Phi) is 10.1. The molecule has 0 unspecified atom stereocenters. The van der Waals surface area contributed by atoms with E-state index in [0.717, 1.165) is 33.5 Å². The molecule has 10 heteroatoms. The number of fused-ring (bicyclic) bond motifs is 3. The summed E-state index contributed by atoms with van der Waals surface area (Å²) in [6, 6.07) is 23.2. The fourth-order valence-electron chi connectivity index (χ4n) is 6.56. The minimum atomic E-state index is -0.469. The topological polar surface area (TPSA) is 95.8 Å². The van der Waals surface area contributed by atoms with E-state index in [1.54, 1.807) is 55.6 Å². The van der Waals surface area contributed by atoms with Crippen molar-refractivity contribution in [2.45, 2.75) is 26.5 Å². The second-order valence-corrected chi connectivity index (χ2v) is 11.5. The number of hydrogen-bond acceptors (Lipinski definition) is 9. The van der Waals surface area contributed by atoms with Crippen molar-refractivity contribution in [1.82, 2.24) is 4.57 Å². The summed E-state index contributed by atoms with van der Waals surface area (Å²) in [6.45, 7) is 2.76. The molecule has 1 aromatic heterocycles. The molecule has 10 nitrogen and oxygen atoms in total. The van der Waals surface area contributed by atoms with Gasteiger partial charge < -0.3 is 42.5 Å². The van der Waals surface area contributed by atoms with Crippen LogP contribution < -0.4 is 33.2 Å². The quantitative estimate of drug-likeness (QED) is 0.115. The van der Waals surface area contributed by atoms with Crippen molar-refractivity contribution in [2.75, 3.05) is 49.3 Å². The van der Waals surface area contributed by atoms with Crippen LogP contribution in [0.25, 0.3) is 33.5 Å². The highest BCUT2D eigenvalue weighted by atomic mass is 16.5. The lowest BCUT2D eigenvalue weighted by Crippen LogP contribution is -2.18.